The average molecular weight is 285 g/mol. The predicted octanol–water partition coefficient (Wildman–Crippen LogP) is 3.75. The molecular weight excluding hydrogens is 258 g/mol. The molecule has 1 aromatic heterocycles. The van der Waals surface area contributed by atoms with Gasteiger partial charge in [-0.2, -0.15) is 0 Å². The zero-order chi connectivity index (χ0) is 15.4. The third-order valence-corrected chi connectivity index (χ3v) is 4.15. The first-order valence-electron chi connectivity index (χ1n) is 7.93. The Balaban J connectivity index is 2.52. The molecule has 1 heterocycles. The molecule has 2 rings (SSSR count). The fourth-order valence-corrected chi connectivity index (χ4v) is 2.96. The van der Waals surface area contributed by atoms with Crippen LogP contribution in [0.3, 0.4) is 0 Å². The standard InChI is InChI=1S/C18H27N3/c1-5-16(6-2)21(4)18-15(11-13(3)19)12-14-9-7-8-10-17(14)20-18/h7-10,12-13,16H,5-6,11,19H2,1-4H3. The molecule has 1 aromatic carbocycles. The number of rotatable bonds is 6. The molecule has 0 saturated carbocycles. The molecule has 2 aromatic rings. The summed E-state index contributed by atoms with van der Waals surface area (Å²) in [5, 5.41) is 1.19. The van der Waals surface area contributed by atoms with Gasteiger partial charge in [0.25, 0.3) is 0 Å². The summed E-state index contributed by atoms with van der Waals surface area (Å²) in [5.74, 6) is 1.08. The van der Waals surface area contributed by atoms with Crippen molar-refractivity contribution in [2.45, 2.75) is 52.1 Å². The van der Waals surface area contributed by atoms with E-state index in [1.54, 1.807) is 0 Å². The summed E-state index contributed by atoms with van der Waals surface area (Å²) >= 11 is 0. The van der Waals surface area contributed by atoms with Crippen molar-refractivity contribution < 1.29 is 0 Å². The highest BCUT2D eigenvalue weighted by Gasteiger charge is 2.17. The second-order valence-electron chi connectivity index (χ2n) is 5.93. The van der Waals surface area contributed by atoms with Gasteiger partial charge in [0.15, 0.2) is 0 Å². The molecule has 0 bridgehead atoms. The number of nitrogens with zero attached hydrogens (tertiary/aromatic N) is 2. The highest BCUT2D eigenvalue weighted by molar-refractivity contribution is 5.81. The Morgan fingerprint density at radius 2 is 1.86 bits per heavy atom. The summed E-state index contributed by atoms with van der Waals surface area (Å²) in [4.78, 5) is 7.24. The molecule has 3 nitrogen and oxygen atoms in total. The monoisotopic (exact) mass is 285 g/mol. The van der Waals surface area contributed by atoms with E-state index in [-0.39, 0.29) is 6.04 Å². The number of benzene rings is 1. The molecule has 0 saturated heterocycles. The van der Waals surface area contributed by atoms with Crippen LogP contribution >= 0.6 is 0 Å². The van der Waals surface area contributed by atoms with Gasteiger partial charge in [0.05, 0.1) is 5.52 Å². The second-order valence-corrected chi connectivity index (χ2v) is 5.93. The van der Waals surface area contributed by atoms with Crippen LogP contribution in [-0.4, -0.2) is 24.1 Å². The molecule has 0 spiro atoms. The molecule has 1 atom stereocenters. The van der Waals surface area contributed by atoms with E-state index in [4.69, 9.17) is 10.7 Å². The maximum Gasteiger partial charge on any atom is 0.132 e. The van der Waals surface area contributed by atoms with Crippen molar-refractivity contribution in [3.63, 3.8) is 0 Å². The molecule has 2 N–H and O–H groups in total. The Bertz CT molecular complexity index is 588. The Hall–Kier alpha value is -1.61. The number of aromatic nitrogens is 1. The van der Waals surface area contributed by atoms with Crippen LogP contribution < -0.4 is 10.6 Å². The Morgan fingerprint density at radius 3 is 2.48 bits per heavy atom. The summed E-state index contributed by atoms with van der Waals surface area (Å²) in [7, 11) is 2.15. The number of para-hydroxylation sites is 1. The molecule has 0 radical (unpaired) electrons. The van der Waals surface area contributed by atoms with E-state index in [9.17, 15) is 0 Å². The number of fused-ring (bicyclic) bond motifs is 1. The molecule has 0 fully saturated rings. The topological polar surface area (TPSA) is 42.2 Å². The van der Waals surface area contributed by atoms with Gasteiger partial charge in [0.1, 0.15) is 5.82 Å². The molecule has 0 aliphatic rings. The smallest absolute Gasteiger partial charge is 0.132 e. The van der Waals surface area contributed by atoms with Crippen molar-refractivity contribution in [1.29, 1.82) is 0 Å². The molecule has 0 aliphatic carbocycles. The van der Waals surface area contributed by atoms with Crippen molar-refractivity contribution in [2.24, 2.45) is 5.73 Å². The van der Waals surface area contributed by atoms with Gasteiger partial charge >= 0.3 is 0 Å². The zero-order valence-corrected chi connectivity index (χ0v) is 13.6. The molecule has 0 aliphatic heterocycles. The first kappa shape index (κ1) is 15.8. The summed E-state index contributed by atoms with van der Waals surface area (Å²) in [6.07, 6.45) is 3.11. The number of hydrogen-bond acceptors (Lipinski definition) is 3. The average Bonchev–Trinajstić information content (AvgIpc) is 2.47. The van der Waals surface area contributed by atoms with Gasteiger partial charge < -0.3 is 10.6 Å². The summed E-state index contributed by atoms with van der Waals surface area (Å²) < 4.78 is 0. The summed E-state index contributed by atoms with van der Waals surface area (Å²) in [5.41, 5.74) is 8.33. The minimum Gasteiger partial charge on any atom is -0.356 e. The molecule has 3 heteroatoms. The molecule has 21 heavy (non-hydrogen) atoms. The quantitative estimate of drug-likeness (QED) is 0.879. The van der Waals surface area contributed by atoms with Gasteiger partial charge in [-0.25, -0.2) is 4.98 Å². The van der Waals surface area contributed by atoms with Crippen molar-refractivity contribution in [3.8, 4) is 0 Å². The minimum atomic E-state index is 0.141. The molecule has 1 unspecified atom stereocenters. The van der Waals surface area contributed by atoms with Crippen LogP contribution in [0.2, 0.25) is 0 Å². The molecule has 0 amide bonds. The van der Waals surface area contributed by atoms with Crippen LogP contribution in [0, 0.1) is 0 Å². The Kier molecular flexibility index (Phi) is 5.18. The number of anilines is 1. The van der Waals surface area contributed by atoms with Gasteiger partial charge in [-0.05, 0) is 43.9 Å². The maximum absolute atomic E-state index is 6.03. The highest BCUT2D eigenvalue weighted by atomic mass is 15.2. The Labute approximate surface area is 128 Å². The van der Waals surface area contributed by atoms with E-state index in [2.05, 4.69) is 57.0 Å². The van der Waals surface area contributed by atoms with Crippen LogP contribution in [0.4, 0.5) is 5.82 Å². The first-order valence-corrected chi connectivity index (χ1v) is 7.93. The lowest BCUT2D eigenvalue weighted by Gasteiger charge is -2.30. The normalized spacial score (nSPS) is 12.9. The van der Waals surface area contributed by atoms with Gasteiger partial charge in [-0.15, -0.1) is 0 Å². The van der Waals surface area contributed by atoms with E-state index >= 15 is 0 Å². The van der Waals surface area contributed by atoms with E-state index in [0.717, 1.165) is 30.6 Å². The van der Waals surface area contributed by atoms with E-state index in [1.807, 2.05) is 6.07 Å². The third-order valence-electron chi connectivity index (χ3n) is 4.15. The highest BCUT2D eigenvalue weighted by Crippen LogP contribution is 2.26. The van der Waals surface area contributed by atoms with E-state index in [1.165, 1.54) is 10.9 Å². The van der Waals surface area contributed by atoms with Crippen molar-refractivity contribution in [3.05, 3.63) is 35.9 Å². The van der Waals surface area contributed by atoms with E-state index in [0.29, 0.717) is 6.04 Å². The third kappa shape index (κ3) is 3.53. The fraction of sp³-hybridized carbons (Fsp3) is 0.500. The van der Waals surface area contributed by atoms with Gasteiger partial charge in [-0.3, -0.25) is 0 Å². The van der Waals surface area contributed by atoms with Crippen LogP contribution in [0.1, 0.15) is 39.2 Å². The summed E-state index contributed by atoms with van der Waals surface area (Å²) in [6, 6.07) is 11.2. The van der Waals surface area contributed by atoms with Gasteiger partial charge in [0.2, 0.25) is 0 Å². The van der Waals surface area contributed by atoms with E-state index < -0.39 is 0 Å². The van der Waals surface area contributed by atoms with Crippen molar-refractivity contribution in [2.75, 3.05) is 11.9 Å². The fourth-order valence-electron chi connectivity index (χ4n) is 2.96. The van der Waals surface area contributed by atoms with Crippen molar-refractivity contribution in [1.82, 2.24) is 4.98 Å². The zero-order valence-electron chi connectivity index (χ0n) is 13.6. The lowest BCUT2D eigenvalue weighted by Crippen LogP contribution is -2.32. The number of hydrogen-bond donors (Lipinski definition) is 1. The van der Waals surface area contributed by atoms with Crippen molar-refractivity contribution >= 4 is 16.7 Å². The SMILES string of the molecule is CCC(CC)N(C)c1nc2ccccc2cc1CC(C)N. The minimum absolute atomic E-state index is 0.141. The second kappa shape index (κ2) is 6.90. The van der Waals surface area contributed by atoms with Crippen LogP contribution in [0.25, 0.3) is 10.9 Å². The van der Waals surface area contributed by atoms with Crippen LogP contribution in [0.15, 0.2) is 30.3 Å². The maximum atomic E-state index is 6.03. The lowest BCUT2D eigenvalue weighted by atomic mass is 10.0. The largest absolute Gasteiger partial charge is 0.356 e. The summed E-state index contributed by atoms with van der Waals surface area (Å²) in [6.45, 7) is 6.52. The van der Waals surface area contributed by atoms with Crippen LogP contribution in [0.5, 0.6) is 0 Å². The van der Waals surface area contributed by atoms with Gasteiger partial charge in [0, 0.05) is 24.5 Å². The first-order chi connectivity index (χ1) is 10.1. The predicted molar refractivity (Wildman–Crippen MR) is 91.9 cm³/mol. The molecular formula is C18H27N3. The lowest BCUT2D eigenvalue weighted by molar-refractivity contribution is 0.584. The van der Waals surface area contributed by atoms with Gasteiger partial charge in [-0.1, -0.05) is 32.0 Å². The number of nitrogens with two attached hydrogens (primary N) is 1. The Morgan fingerprint density at radius 1 is 1.19 bits per heavy atom. The number of pyridine rings is 1. The van der Waals surface area contributed by atoms with Crippen LogP contribution in [-0.2, 0) is 6.42 Å². The molecule has 114 valence electrons.